The molecule has 1 fully saturated rings. The summed E-state index contributed by atoms with van der Waals surface area (Å²) in [6, 6.07) is 19.8. The minimum atomic E-state index is -0.967. The Kier molecular flexibility index (Phi) is 6.86. The van der Waals surface area contributed by atoms with E-state index in [9.17, 15) is 14.0 Å². The van der Waals surface area contributed by atoms with E-state index in [4.69, 9.17) is 22.1 Å². The van der Waals surface area contributed by atoms with Gasteiger partial charge in [-0.05, 0) is 59.2 Å². The van der Waals surface area contributed by atoms with Crippen molar-refractivity contribution in [1.82, 2.24) is 4.90 Å². The predicted octanol–water partition coefficient (Wildman–Crippen LogP) is 5.50. The molecule has 1 aliphatic rings. The van der Waals surface area contributed by atoms with E-state index in [-0.39, 0.29) is 17.3 Å². The topological polar surface area (TPSA) is 66.8 Å². The van der Waals surface area contributed by atoms with Crippen molar-refractivity contribution in [2.24, 2.45) is 0 Å². The van der Waals surface area contributed by atoms with Gasteiger partial charge in [-0.3, -0.25) is 9.69 Å². The first-order valence-electron chi connectivity index (χ1n) is 9.94. The van der Waals surface area contributed by atoms with Crippen LogP contribution in [0.4, 0.5) is 4.39 Å². The number of ether oxygens (including phenoxy) is 1. The molecule has 0 aliphatic carbocycles. The van der Waals surface area contributed by atoms with Crippen molar-refractivity contribution in [2.45, 2.75) is 13.2 Å². The molecule has 5 nitrogen and oxygen atoms in total. The molecule has 0 atom stereocenters. The Morgan fingerprint density at radius 3 is 2.27 bits per heavy atom. The predicted molar refractivity (Wildman–Crippen MR) is 129 cm³/mol. The van der Waals surface area contributed by atoms with Crippen LogP contribution in [-0.4, -0.2) is 26.2 Å². The van der Waals surface area contributed by atoms with Crippen LogP contribution in [0.25, 0.3) is 6.08 Å². The Morgan fingerprint density at radius 1 is 1.00 bits per heavy atom. The number of carbonyl (C=O) groups excluding carboxylic acids is 1. The molecule has 0 spiro atoms. The van der Waals surface area contributed by atoms with Gasteiger partial charge in [0, 0.05) is 0 Å². The van der Waals surface area contributed by atoms with Crippen LogP contribution in [0.5, 0.6) is 5.75 Å². The lowest BCUT2D eigenvalue weighted by Gasteiger charge is -2.14. The maximum atomic E-state index is 13.1. The molecule has 1 amide bonds. The second-order valence-corrected chi connectivity index (χ2v) is 8.93. The van der Waals surface area contributed by atoms with Gasteiger partial charge in [0.2, 0.25) is 0 Å². The number of thioether (sulfide) groups is 1. The zero-order chi connectivity index (χ0) is 23.4. The minimum absolute atomic E-state index is 0.181. The number of benzene rings is 3. The second-order valence-electron chi connectivity index (χ2n) is 7.25. The van der Waals surface area contributed by atoms with Crippen LogP contribution in [0.2, 0.25) is 0 Å². The maximum absolute atomic E-state index is 13.1. The van der Waals surface area contributed by atoms with Crippen LogP contribution < -0.4 is 4.74 Å². The van der Waals surface area contributed by atoms with Crippen LogP contribution in [0.15, 0.2) is 77.7 Å². The lowest BCUT2D eigenvalue weighted by atomic mass is 10.1. The van der Waals surface area contributed by atoms with Crippen LogP contribution in [0.3, 0.4) is 0 Å². The molecule has 1 N–H and O–H groups in total. The molecule has 1 heterocycles. The van der Waals surface area contributed by atoms with Crippen molar-refractivity contribution in [1.29, 1.82) is 0 Å². The Bertz CT molecular complexity index is 1220. The Hall–Kier alpha value is -3.49. The van der Waals surface area contributed by atoms with Crippen LogP contribution in [-0.2, 0) is 17.9 Å². The fraction of sp³-hybridized carbons (Fsp3) is 0.0800. The monoisotopic (exact) mass is 479 g/mol. The average Bonchev–Trinajstić information content (AvgIpc) is 3.07. The maximum Gasteiger partial charge on any atom is 0.335 e. The number of rotatable bonds is 7. The fourth-order valence-electron chi connectivity index (χ4n) is 3.13. The molecule has 33 heavy (non-hydrogen) atoms. The first-order chi connectivity index (χ1) is 15.9. The number of thiocarbonyl (C=S) groups is 1. The molecule has 0 aromatic heterocycles. The minimum Gasteiger partial charge on any atom is -0.489 e. The number of carboxylic acid groups (broad SMARTS) is 1. The lowest BCUT2D eigenvalue weighted by Crippen LogP contribution is -2.27. The highest BCUT2D eigenvalue weighted by atomic mass is 32.2. The standard InChI is InChI=1S/C25H18FNO4S2/c26-20-9-3-17(4-10-20)14-27-23(28)22(33-25(27)32)13-16-5-11-21(12-6-16)31-15-18-1-7-19(8-2-18)24(29)30/h1-13H,14-15H2,(H,29,30)/b22-13-. The number of carbonyl (C=O) groups is 2. The summed E-state index contributed by atoms with van der Waals surface area (Å²) in [5.74, 6) is -0.823. The van der Waals surface area contributed by atoms with E-state index >= 15 is 0 Å². The third kappa shape index (κ3) is 5.66. The van der Waals surface area contributed by atoms with Crippen LogP contribution in [0, 0.1) is 5.82 Å². The van der Waals surface area contributed by atoms with Crippen molar-refractivity contribution < 1.29 is 23.8 Å². The summed E-state index contributed by atoms with van der Waals surface area (Å²) in [5, 5.41) is 8.95. The van der Waals surface area contributed by atoms with Gasteiger partial charge in [-0.2, -0.15) is 0 Å². The summed E-state index contributed by atoms with van der Waals surface area (Å²) < 4.78 is 19.3. The highest BCUT2D eigenvalue weighted by Crippen LogP contribution is 2.33. The number of carboxylic acids is 1. The van der Waals surface area contributed by atoms with E-state index in [0.717, 1.165) is 16.7 Å². The summed E-state index contributed by atoms with van der Waals surface area (Å²) in [5.41, 5.74) is 2.71. The third-order valence-corrected chi connectivity index (χ3v) is 6.29. The molecule has 0 saturated carbocycles. The summed E-state index contributed by atoms with van der Waals surface area (Å²) in [6.45, 7) is 0.601. The smallest absolute Gasteiger partial charge is 0.335 e. The molecule has 1 aliphatic heterocycles. The van der Waals surface area contributed by atoms with E-state index in [0.29, 0.717) is 28.1 Å². The van der Waals surface area contributed by atoms with Gasteiger partial charge >= 0.3 is 5.97 Å². The average molecular weight is 480 g/mol. The number of amides is 1. The SMILES string of the molecule is O=C(O)c1ccc(COc2ccc(/C=C3\SC(=S)N(Cc4ccc(F)cc4)C3=O)cc2)cc1. The van der Waals surface area contributed by atoms with Gasteiger partial charge < -0.3 is 9.84 Å². The first-order valence-corrected chi connectivity index (χ1v) is 11.2. The van der Waals surface area contributed by atoms with Gasteiger partial charge in [0.15, 0.2) is 0 Å². The lowest BCUT2D eigenvalue weighted by molar-refractivity contribution is -0.122. The fourth-order valence-corrected chi connectivity index (χ4v) is 4.39. The zero-order valence-electron chi connectivity index (χ0n) is 17.2. The van der Waals surface area contributed by atoms with Gasteiger partial charge in [-0.15, -0.1) is 0 Å². The number of nitrogens with zero attached hydrogens (tertiary/aromatic N) is 1. The summed E-state index contributed by atoms with van der Waals surface area (Å²) in [7, 11) is 0. The summed E-state index contributed by atoms with van der Waals surface area (Å²) in [4.78, 5) is 25.7. The number of hydrogen-bond acceptors (Lipinski definition) is 5. The third-order valence-electron chi connectivity index (χ3n) is 4.91. The molecular formula is C25H18FNO4S2. The van der Waals surface area contributed by atoms with Crippen molar-refractivity contribution in [2.75, 3.05) is 0 Å². The van der Waals surface area contributed by atoms with Crippen LogP contribution in [0.1, 0.15) is 27.0 Å². The molecular weight excluding hydrogens is 461 g/mol. The number of halogens is 1. The van der Waals surface area contributed by atoms with E-state index < -0.39 is 5.97 Å². The van der Waals surface area contributed by atoms with Crippen LogP contribution >= 0.6 is 24.0 Å². The van der Waals surface area contributed by atoms with Crippen molar-refractivity contribution in [3.05, 3.63) is 106 Å². The van der Waals surface area contributed by atoms with Crippen molar-refractivity contribution in [3.8, 4) is 5.75 Å². The molecule has 0 bridgehead atoms. The quantitative estimate of drug-likeness (QED) is 0.356. The largest absolute Gasteiger partial charge is 0.489 e. The molecule has 1 saturated heterocycles. The second kappa shape index (κ2) is 9.97. The molecule has 0 unspecified atom stereocenters. The number of aromatic carboxylic acids is 1. The van der Waals surface area contributed by atoms with E-state index in [1.165, 1.54) is 40.9 Å². The summed E-state index contributed by atoms with van der Waals surface area (Å²) in [6.07, 6.45) is 1.78. The van der Waals surface area contributed by atoms with E-state index in [1.807, 2.05) is 12.1 Å². The Balaban J connectivity index is 1.37. The molecule has 8 heteroatoms. The van der Waals surface area contributed by atoms with Gasteiger partial charge in [-0.1, -0.05) is 60.4 Å². The normalized spacial score (nSPS) is 14.7. The molecule has 3 aromatic carbocycles. The first kappa shape index (κ1) is 22.7. The Labute approximate surface area is 199 Å². The molecule has 166 valence electrons. The molecule has 4 rings (SSSR count). The highest BCUT2D eigenvalue weighted by Gasteiger charge is 2.31. The van der Waals surface area contributed by atoms with Crippen molar-refractivity contribution in [3.63, 3.8) is 0 Å². The van der Waals surface area contributed by atoms with Gasteiger partial charge in [0.1, 0.15) is 22.5 Å². The highest BCUT2D eigenvalue weighted by molar-refractivity contribution is 8.26. The van der Waals surface area contributed by atoms with Crippen molar-refractivity contribution >= 4 is 46.3 Å². The number of hydrogen-bond donors (Lipinski definition) is 1. The molecule has 3 aromatic rings. The molecule has 0 radical (unpaired) electrons. The van der Waals surface area contributed by atoms with Gasteiger partial charge in [-0.25, -0.2) is 9.18 Å². The van der Waals surface area contributed by atoms with Gasteiger partial charge in [0.25, 0.3) is 5.91 Å². The zero-order valence-corrected chi connectivity index (χ0v) is 18.9. The Morgan fingerprint density at radius 2 is 1.64 bits per heavy atom. The van der Waals surface area contributed by atoms with E-state index in [1.54, 1.807) is 42.5 Å². The van der Waals surface area contributed by atoms with E-state index in [2.05, 4.69) is 0 Å². The summed E-state index contributed by atoms with van der Waals surface area (Å²) >= 11 is 6.60. The van der Waals surface area contributed by atoms with Gasteiger partial charge in [0.05, 0.1) is 17.0 Å².